The molecule has 0 aliphatic heterocycles. The lowest BCUT2D eigenvalue weighted by Crippen LogP contribution is -2.33. The van der Waals surface area contributed by atoms with Crippen molar-refractivity contribution < 1.29 is 14.6 Å². The number of aromatic nitrogens is 2. The highest BCUT2D eigenvalue weighted by atomic mass is 16.5. The Bertz CT molecular complexity index is 674. The van der Waals surface area contributed by atoms with E-state index in [1.165, 1.54) is 6.20 Å². The molecule has 2 aliphatic carbocycles. The van der Waals surface area contributed by atoms with Gasteiger partial charge in [-0.05, 0) is 51.9 Å². The Balaban J connectivity index is 1.71. The van der Waals surface area contributed by atoms with E-state index < -0.39 is 11.5 Å². The van der Waals surface area contributed by atoms with Crippen molar-refractivity contribution in [2.75, 3.05) is 17.7 Å². The number of amides is 1. The Labute approximate surface area is 166 Å². The van der Waals surface area contributed by atoms with Crippen LogP contribution in [0.4, 0.5) is 11.8 Å². The number of nitrogens with zero attached hydrogens (tertiary/aromatic N) is 2. The van der Waals surface area contributed by atoms with Crippen molar-refractivity contribution in [2.45, 2.75) is 88.5 Å². The van der Waals surface area contributed by atoms with Crippen LogP contribution in [0.15, 0.2) is 6.20 Å². The van der Waals surface area contributed by atoms with Gasteiger partial charge in [-0.2, -0.15) is 4.98 Å². The van der Waals surface area contributed by atoms with Gasteiger partial charge in [-0.3, -0.25) is 4.79 Å². The monoisotopic (exact) mass is 391 g/mol. The summed E-state index contributed by atoms with van der Waals surface area (Å²) in [5, 5.41) is 17.2. The first kappa shape index (κ1) is 20.8. The predicted octanol–water partition coefficient (Wildman–Crippen LogP) is 2.44. The number of nitrogens with two attached hydrogens (primary N) is 1. The molecule has 0 radical (unpaired) electrons. The van der Waals surface area contributed by atoms with Gasteiger partial charge in [0.2, 0.25) is 5.95 Å². The normalized spacial score (nSPS) is 31.0. The number of carbonyl (C=O) groups is 1. The van der Waals surface area contributed by atoms with Gasteiger partial charge in [-0.25, -0.2) is 4.98 Å². The third kappa shape index (κ3) is 5.54. The Kier molecular flexibility index (Phi) is 6.72. The van der Waals surface area contributed by atoms with Crippen molar-refractivity contribution in [3.05, 3.63) is 11.8 Å². The molecule has 2 aliphatic rings. The van der Waals surface area contributed by atoms with Crippen LogP contribution in [0, 0.1) is 0 Å². The number of hydrogen-bond acceptors (Lipinski definition) is 7. The summed E-state index contributed by atoms with van der Waals surface area (Å²) in [6.45, 7) is 1.87. The van der Waals surface area contributed by atoms with Crippen LogP contribution < -0.4 is 16.4 Å². The average Bonchev–Trinajstić information content (AvgIpc) is 2.82. The van der Waals surface area contributed by atoms with Crippen molar-refractivity contribution in [2.24, 2.45) is 5.73 Å². The van der Waals surface area contributed by atoms with Crippen LogP contribution in [0.1, 0.15) is 75.1 Å². The molecule has 0 saturated heterocycles. The molecule has 0 bridgehead atoms. The van der Waals surface area contributed by atoms with Gasteiger partial charge in [0.1, 0.15) is 5.82 Å². The van der Waals surface area contributed by atoms with Crippen LogP contribution in [0.3, 0.4) is 0 Å². The minimum absolute atomic E-state index is 0.0375. The van der Waals surface area contributed by atoms with Gasteiger partial charge in [0.05, 0.1) is 17.3 Å². The topological polar surface area (TPSA) is 122 Å². The summed E-state index contributed by atoms with van der Waals surface area (Å²) in [7, 11) is 1.76. The number of methoxy groups -OCH3 is 1. The molecule has 3 rings (SSSR count). The molecule has 2 saturated carbocycles. The maximum Gasteiger partial charge on any atom is 0.254 e. The van der Waals surface area contributed by atoms with E-state index in [1.54, 1.807) is 7.11 Å². The molecule has 1 aromatic heterocycles. The highest BCUT2D eigenvalue weighted by Crippen LogP contribution is 2.29. The van der Waals surface area contributed by atoms with E-state index in [2.05, 4.69) is 20.6 Å². The van der Waals surface area contributed by atoms with Crippen LogP contribution >= 0.6 is 0 Å². The Morgan fingerprint density at radius 2 is 1.96 bits per heavy atom. The van der Waals surface area contributed by atoms with Crippen molar-refractivity contribution in [1.82, 2.24) is 9.97 Å². The molecular formula is C20H33N5O3. The van der Waals surface area contributed by atoms with Gasteiger partial charge in [0.15, 0.2) is 0 Å². The van der Waals surface area contributed by atoms with E-state index in [0.29, 0.717) is 24.3 Å². The average molecular weight is 392 g/mol. The fraction of sp³-hybridized carbons (Fsp3) is 0.750. The lowest BCUT2D eigenvalue weighted by Gasteiger charge is -2.29. The standard InChI is InChI=1S/C20H33N5O3/c1-20(27)10-4-3-5-14(11-20)23-18-16(17(21)26)12-22-19(25-18)24-13-6-8-15(28-2)9-7-13/h12-15,27H,3-11H2,1-2H3,(H2,21,26)(H2,22,23,24,25)/t13-,14-,15-,20+/m1/s1. The smallest absolute Gasteiger partial charge is 0.254 e. The molecule has 28 heavy (non-hydrogen) atoms. The first-order valence-corrected chi connectivity index (χ1v) is 10.3. The van der Waals surface area contributed by atoms with Crippen molar-refractivity contribution in [3.63, 3.8) is 0 Å². The summed E-state index contributed by atoms with van der Waals surface area (Å²) in [5.41, 5.74) is 5.09. The Hall–Kier alpha value is -1.93. The molecule has 0 unspecified atom stereocenters. The number of anilines is 2. The molecule has 0 spiro atoms. The van der Waals surface area contributed by atoms with Crippen molar-refractivity contribution in [3.8, 4) is 0 Å². The maximum atomic E-state index is 11.8. The molecule has 2 fully saturated rings. The van der Waals surface area contributed by atoms with Crippen LogP contribution in [0.25, 0.3) is 0 Å². The molecule has 1 amide bonds. The lowest BCUT2D eigenvalue weighted by atomic mass is 9.93. The van der Waals surface area contributed by atoms with E-state index >= 15 is 0 Å². The number of rotatable bonds is 6. The first-order valence-electron chi connectivity index (χ1n) is 10.3. The molecule has 8 heteroatoms. The maximum absolute atomic E-state index is 11.8. The summed E-state index contributed by atoms with van der Waals surface area (Å²) in [6, 6.07) is 0.327. The zero-order valence-corrected chi connectivity index (χ0v) is 16.9. The fourth-order valence-electron chi connectivity index (χ4n) is 4.32. The van der Waals surface area contributed by atoms with Crippen LogP contribution in [0.2, 0.25) is 0 Å². The van der Waals surface area contributed by atoms with Crippen molar-refractivity contribution in [1.29, 1.82) is 0 Å². The van der Waals surface area contributed by atoms with Gasteiger partial charge in [0, 0.05) is 25.4 Å². The summed E-state index contributed by atoms with van der Waals surface area (Å²) in [4.78, 5) is 20.7. The van der Waals surface area contributed by atoms with Gasteiger partial charge in [-0.1, -0.05) is 12.8 Å². The minimum Gasteiger partial charge on any atom is -0.390 e. The quantitative estimate of drug-likeness (QED) is 0.549. The van der Waals surface area contributed by atoms with Crippen LogP contribution in [-0.2, 0) is 4.74 Å². The second kappa shape index (κ2) is 9.05. The van der Waals surface area contributed by atoms with E-state index in [0.717, 1.165) is 51.4 Å². The number of carbonyl (C=O) groups excluding carboxylic acids is 1. The van der Waals surface area contributed by atoms with Gasteiger partial charge < -0.3 is 26.2 Å². The highest BCUT2D eigenvalue weighted by Gasteiger charge is 2.29. The summed E-state index contributed by atoms with van der Waals surface area (Å²) in [5.74, 6) is 0.377. The molecule has 1 heterocycles. The zero-order valence-electron chi connectivity index (χ0n) is 16.9. The van der Waals surface area contributed by atoms with Gasteiger partial charge in [0.25, 0.3) is 5.91 Å². The number of nitrogens with one attached hydrogen (secondary N) is 2. The first-order chi connectivity index (χ1) is 13.4. The summed E-state index contributed by atoms with van der Waals surface area (Å²) in [6.07, 6.45) is 10.2. The van der Waals surface area contributed by atoms with E-state index in [-0.39, 0.29) is 17.6 Å². The summed E-state index contributed by atoms with van der Waals surface area (Å²) < 4.78 is 5.42. The van der Waals surface area contributed by atoms with Crippen LogP contribution in [0.5, 0.6) is 0 Å². The van der Waals surface area contributed by atoms with Crippen molar-refractivity contribution >= 4 is 17.7 Å². The fourth-order valence-corrected chi connectivity index (χ4v) is 4.32. The van der Waals surface area contributed by atoms with Gasteiger partial charge in [-0.15, -0.1) is 0 Å². The molecule has 156 valence electrons. The number of aliphatic hydroxyl groups is 1. The summed E-state index contributed by atoms with van der Waals surface area (Å²) >= 11 is 0. The third-order valence-electron chi connectivity index (χ3n) is 5.94. The molecule has 5 N–H and O–H groups in total. The van der Waals surface area contributed by atoms with Gasteiger partial charge >= 0.3 is 0 Å². The molecule has 0 aromatic carbocycles. The van der Waals surface area contributed by atoms with E-state index in [1.807, 2.05) is 6.92 Å². The molecule has 2 atom stereocenters. The predicted molar refractivity (Wildman–Crippen MR) is 108 cm³/mol. The number of ether oxygens (including phenoxy) is 1. The second-order valence-corrected chi connectivity index (χ2v) is 8.46. The second-order valence-electron chi connectivity index (χ2n) is 8.46. The number of primary amides is 1. The highest BCUT2D eigenvalue weighted by molar-refractivity contribution is 5.97. The third-order valence-corrected chi connectivity index (χ3v) is 5.94. The molecular weight excluding hydrogens is 358 g/mol. The molecule has 1 aromatic rings. The molecule has 8 nitrogen and oxygen atoms in total. The van der Waals surface area contributed by atoms with E-state index in [4.69, 9.17) is 10.5 Å². The largest absolute Gasteiger partial charge is 0.390 e. The Morgan fingerprint density at radius 3 is 2.64 bits per heavy atom. The van der Waals surface area contributed by atoms with E-state index in [9.17, 15) is 9.90 Å². The Morgan fingerprint density at radius 1 is 1.21 bits per heavy atom. The van der Waals surface area contributed by atoms with Crippen LogP contribution in [-0.4, -0.2) is 51.9 Å². The number of hydrogen-bond donors (Lipinski definition) is 4. The lowest BCUT2D eigenvalue weighted by molar-refractivity contribution is 0.0420. The zero-order chi connectivity index (χ0) is 20.1. The minimum atomic E-state index is -0.713. The SMILES string of the molecule is CO[C@H]1CC[C@H](Nc2ncc(C(N)=O)c(N[C@@H]3CCCC[C@](C)(O)C3)n2)CC1.